The molecule has 0 aliphatic carbocycles. The van der Waals surface area contributed by atoms with Crippen LogP contribution in [-0.4, -0.2) is 68.5 Å². The second-order valence-corrected chi connectivity index (χ2v) is 24.5. The fourth-order valence-corrected chi connectivity index (χ4v) is 10.5. The van der Waals surface area contributed by atoms with E-state index < -0.39 is 20.0 Å². The Hall–Kier alpha value is -0.760. The molecule has 0 heterocycles. The van der Waals surface area contributed by atoms with Gasteiger partial charge in [0.05, 0.1) is 39.9 Å². The van der Waals surface area contributed by atoms with Crippen LogP contribution < -0.4 is 10.2 Å². The van der Waals surface area contributed by atoms with Gasteiger partial charge in [-0.05, 0) is 38.5 Å². The summed E-state index contributed by atoms with van der Waals surface area (Å²) in [5, 5.41) is 14.1. The number of quaternary nitrogens is 1. The fraction of sp³-hybridized carbons (Fsp3) is 0.952. The topological polar surface area (TPSA) is 108 Å². The van der Waals surface area contributed by atoms with E-state index in [0.717, 1.165) is 38.5 Å². The number of hydrogen-bond donors (Lipinski definition) is 2. The first kappa shape index (κ1) is 70.2. The first-order valence-electron chi connectivity index (χ1n) is 31.5. The van der Waals surface area contributed by atoms with Gasteiger partial charge in [0.1, 0.15) is 13.2 Å². The fourth-order valence-electron chi connectivity index (χ4n) is 9.80. The number of likely N-dealkylation sites (N-methyl/N-ethyl adjacent to an activating group) is 1. The molecule has 3 atom stereocenters. The highest BCUT2D eigenvalue weighted by Gasteiger charge is 2.24. The minimum atomic E-state index is -4.57. The number of aliphatic hydroxyl groups is 1. The number of nitrogens with zero attached hydrogens (tertiary/aromatic N) is 1. The van der Waals surface area contributed by atoms with Crippen LogP contribution in [0.5, 0.6) is 0 Å². The van der Waals surface area contributed by atoms with Gasteiger partial charge in [-0.15, -0.1) is 0 Å². The molecule has 0 rings (SSSR count). The van der Waals surface area contributed by atoms with E-state index in [1.54, 1.807) is 0 Å². The van der Waals surface area contributed by atoms with Crippen molar-refractivity contribution in [1.82, 2.24) is 5.32 Å². The van der Waals surface area contributed by atoms with E-state index in [4.69, 9.17) is 9.05 Å². The Morgan fingerprint density at radius 3 is 1.10 bits per heavy atom. The van der Waals surface area contributed by atoms with Crippen LogP contribution in [-0.2, 0) is 18.4 Å². The lowest BCUT2D eigenvalue weighted by Gasteiger charge is -2.30. The van der Waals surface area contributed by atoms with Crippen molar-refractivity contribution < 1.29 is 32.9 Å². The third-order valence-corrected chi connectivity index (χ3v) is 15.7. The van der Waals surface area contributed by atoms with Crippen molar-refractivity contribution in [2.75, 3.05) is 40.9 Å². The van der Waals surface area contributed by atoms with E-state index in [1.807, 2.05) is 21.1 Å². The molecule has 0 radical (unpaired) electrons. The highest BCUT2D eigenvalue weighted by Crippen LogP contribution is 2.38. The van der Waals surface area contributed by atoms with Crippen LogP contribution in [0.3, 0.4) is 0 Å². The molecule has 8 nitrogen and oxygen atoms in total. The van der Waals surface area contributed by atoms with Crippen LogP contribution in [0, 0.1) is 0 Å². The minimum absolute atomic E-state index is 0.0147. The normalized spacial score (nSPS) is 13.8. The maximum atomic E-state index is 13.0. The summed E-state index contributed by atoms with van der Waals surface area (Å²) in [7, 11) is 1.32. The molecular weight excluding hydrogens is 900 g/mol. The third-order valence-electron chi connectivity index (χ3n) is 14.8. The van der Waals surface area contributed by atoms with Crippen molar-refractivity contribution in [1.29, 1.82) is 0 Å². The molecular formula is C62H125N2O6P. The van der Waals surface area contributed by atoms with Crippen LogP contribution in [0.2, 0.25) is 0 Å². The zero-order valence-corrected chi connectivity index (χ0v) is 49.4. The summed E-state index contributed by atoms with van der Waals surface area (Å²) in [5.41, 5.74) is 0. The van der Waals surface area contributed by atoms with Gasteiger partial charge < -0.3 is 28.8 Å². The van der Waals surface area contributed by atoms with Crippen LogP contribution in [0.1, 0.15) is 328 Å². The van der Waals surface area contributed by atoms with E-state index in [2.05, 4.69) is 31.3 Å². The Morgan fingerprint density at radius 2 is 0.775 bits per heavy atom. The second-order valence-electron chi connectivity index (χ2n) is 23.1. The van der Waals surface area contributed by atoms with Gasteiger partial charge in [-0.25, -0.2) is 0 Å². The van der Waals surface area contributed by atoms with Gasteiger partial charge >= 0.3 is 0 Å². The van der Waals surface area contributed by atoms with E-state index in [0.29, 0.717) is 23.9 Å². The van der Waals surface area contributed by atoms with Crippen LogP contribution >= 0.6 is 7.82 Å². The van der Waals surface area contributed by atoms with E-state index in [9.17, 15) is 19.4 Å². The molecule has 424 valence electrons. The molecule has 3 unspecified atom stereocenters. The number of amides is 1. The molecule has 0 aromatic carbocycles. The molecule has 0 fully saturated rings. The van der Waals surface area contributed by atoms with E-state index in [1.165, 1.54) is 263 Å². The molecule has 0 aliphatic rings. The molecule has 0 saturated carbocycles. The Morgan fingerprint density at radius 1 is 0.479 bits per heavy atom. The SMILES string of the molecule is CCCCCCCCCCCCCC/C=C\CCCCCCCCCCCCC(=O)NC(COP(=O)([O-])OCC[N+](C)(C)C)C(O)CCCCCCCCCCCCCCCCCCCCCCCCC. The van der Waals surface area contributed by atoms with Crippen molar-refractivity contribution >= 4 is 13.7 Å². The molecule has 2 N–H and O–H groups in total. The Labute approximate surface area is 443 Å². The summed E-state index contributed by atoms with van der Waals surface area (Å²) < 4.78 is 23.5. The Bertz CT molecular complexity index is 1160. The number of carbonyl (C=O) groups excluding carboxylic acids is 1. The maximum absolute atomic E-state index is 13.0. The average Bonchev–Trinajstić information content (AvgIpc) is 3.33. The van der Waals surface area contributed by atoms with Gasteiger partial charge in [-0.3, -0.25) is 9.36 Å². The number of nitrogens with one attached hydrogen (secondary N) is 1. The highest BCUT2D eigenvalue weighted by molar-refractivity contribution is 7.45. The van der Waals surface area contributed by atoms with E-state index >= 15 is 0 Å². The van der Waals surface area contributed by atoms with Crippen LogP contribution in [0.25, 0.3) is 0 Å². The molecule has 0 aromatic heterocycles. The summed E-state index contributed by atoms with van der Waals surface area (Å²) in [6.07, 6.45) is 66.9. The molecule has 0 saturated heterocycles. The highest BCUT2D eigenvalue weighted by atomic mass is 31.2. The molecule has 71 heavy (non-hydrogen) atoms. The molecule has 1 amide bonds. The van der Waals surface area contributed by atoms with Gasteiger partial charge in [-0.2, -0.15) is 0 Å². The van der Waals surface area contributed by atoms with Crippen molar-refractivity contribution in [3.05, 3.63) is 12.2 Å². The average molecular weight is 1030 g/mol. The van der Waals surface area contributed by atoms with Gasteiger partial charge in [0.25, 0.3) is 7.82 Å². The monoisotopic (exact) mass is 1020 g/mol. The zero-order valence-electron chi connectivity index (χ0n) is 48.5. The number of aliphatic hydroxyl groups excluding tert-OH is 1. The standard InChI is InChI=1S/C62H125N2O6P/c1-6-8-10-12-14-16-18-20-22-24-26-28-30-31-32-34-36-38-40-42-44-46-48-50-52-54-56-62(66)63-60(59-70-71(67,68)69-58-57-64(3,4)5)61(65)55-53-51-49-47-45-43-41-39-37-35-33-29-27-25-23-21-19-17-15-13-11-9-7-2/h31-32,60-61,65H,6-30,33-59H2,1-5H3,(H-,63,66,67,68)/b32-31-. The summed E-state index contributed by atoms with van der Waals surface area (Å²) >= 11 is 0. The number of allylic oxidation sites excluding steroid dienone is 2. The quantitative estimate of drug-likeness (QED) is 0.0272. The predicted molar refractivity (Wildman–Crippen MR) is 307 cm³/mol. The van der Waals surface area contributed by atoms with E-state index in [-0.39, 0.29) is 19.1 Å². The minimum Gasteiger partial charge on any atom is -0.756 e. The van der Waals surface area contributed by atoms with Crippen LogP contribution in [0.4, 0.5) is 0 Å². The maximum Gasteiger partial charge on any atom is 0.268 e. The summed E-state index contributed by atoms with van der Waals surface area (Å²) in [6, 6.07) is -0.799. The Balaban J connectivity index is 4.09. The van der Waals surface area contributed by atoms with Crippen molar-refractivity contribution in [3.63, 3.8) is 0 Å². The van der Waals surface area contributed by atoms with Gasteiger partial charge in [0.15, 0.2) is 0 Å². The predicted octanol–water partition coefficient (Wildman–Crippen LogP) is 18.8. The van der Waals surface area contributed by atoms with Gasteiger partial charge in [0.2, 0.25) is 5.91 Å². The lowest BCUT2D eigenvalue weighted by Crippen LogP contribution is -2.46. The lowest BCUT2D eigenvalue weighted by molar-refractivity contribution is -0.870. The summed E-state index contributed by atoms with van der Waals surface area (Å²) in [5.74, 6) is -0.159. The lowest BCUT2D eigenvalue weighted by atomic mass is 10.0. The largest absolute Gasteiger partial charge is 0.756 e. The summed E-state index contributed by atoms with van der Waals surface area (Å²) in [4.78, 5) is 25.6. The van der Waals surface area contributed by atoms with Crippen LogP contribution in [0.15, 0.2) is 12.2 Å². The smallest absolute Gasteiger partial charge is 0.268 e. The molecule has 9 heteroatoms. The number of phosphoric ester groups is 1. The van der Waals surface area contributed by atoms with Crippen molar-refractivity contribution in [3.8, 4) is 0 Å². The first-order chi connectivity index (χ1) is 34.5. The molecule has 0 bridgehead atoms. The molecule has 0 aromatic rings. The number of unbranched alkanes of at least 4 members (excludes halogenated alkanes) is 44. The number of hydrogen-bond acceptors (Lipinski definition) is 6. The van der Waals surface area contributed by atoms with Gasteiger partial charge in [-0.1, -0.05) is 296 Å². The third kappa shape index (κ3) is 56.8. The van der Waals surface area contributed by atoms with Gasteiger partial charge in [0, 0.05) is 6.42 Å². The Kier molecular flexibility index (Phi) is 53.5. The molecule has 0 spiro atoms. The van der Waals surface area contributed by atoms with Crippen molar-refractivity contribution in [2.45, 2.75) is 341 Å². The first-order valence-corrected chi connectivity index (χ1v) is 33.0. The summed E-state index contributed by atoms with van der Waals surface area (Å²) in [6.45, 7) is 4.78. The molecule has 0 aliphatic heterocycles. The number of phosphoric acid groups is 1. The van der Waals surface area contributed by atoms with Crippen molar-refractivity contribution in [2.24, 2.45) is 0 Å². The number of rotatable bonds is 59. The number of carbonyl (C=O) groups is 1. The second kappa shape index (κ2) is 54.0. The zero-order chi connectivity index (χ0) is 52.0.